The Labute approximate surface area is 194 Å². The average molecular weight is 466 g/mol. The van der Waals surface area contributed by atoms with E-state index in [9.17, 15) is 9.59 Å². The molecule has 0 radical (unpaired) electrons. The molecule has 0 spiro atoms. The van der Waals surface area contributed by atoms with Gasteiger partial charge in [0.05, 0.1) is 17.7 Å². The molecule has 0 saturated carbocycles. The fourth-order valence-corrected chi connectivity index (χ4v) is 4.61. The topological polar surface area (TPSA) is 84.7 Å². The maximum atomic E-state index is 12.8. The average Bonchev–Trinajstić information content (AvgIpc) is 3.31. The third kappa shape index (κ3) is 4.30. The Balaban J connectivity index is 1.80. The van der Waals surface area contributed by atoms with Crippen LogP contribution >= 0.6 is 24.0 Å². The molecule has 1 amide bonds. The summed E-state index contributed by atoms with van der Waals surface area (Å²) in [4.78, 5) is 25.3. The highest BCUT2D eigenvalue weighted by Gasteiger charge is 2.33. The molecule has 0 unspecified atom stereocenters. The van der Waals surface area contributed by atoms with Crippen molar-refractivity contribution in [3.8, 4) is 22.7 Å². The first-order valence-electron chi connectivity index (χ1n) is 9.64. The summed E-state index contributed by atoms with van der Waals surface area (Å²) in [6.45, 7) is 1.49. The van der Waals surface area contributed by atoms with E-state index in [1.807, 2.05) is 61.7 Å². The van der Waals surface area contributed by atoms with Gasteiger partial charge in [-0.05, 0) is 48.9 Å². The van der Waals surface area contributed by atoms with Crippen molar-refractivity contribution in [1.82, 2.24) is 14.7 Å². The molecule has 0 atom stereocenters. The molecule has 2 aromatic carbocycles. The van der Waals surface area contributed by atoms with Crippen molar-refractivity contribution in [3.05, 3.63) is 70.8 Å². The summed E-state index contributed by atoms with van der Waals surface area (Å²) in [5.41, 5.74) is 4.10. The first kappa shape index (κ1) is 21.8. The maximum Gasteiger partial charge on any atom is 0.323 e. The Morgan fingerprint density at radius 3 is 2.66 bits per heavy atom. The lowest BCUT2D eigenvalue weighted by atomic mass is 10.0. The molecule has 1 aliphatic rings. The zero-order valence-corrected chi connectivity index (χ0v) is 18.9. The summed E-state index contributed by atoms with van der Waals surface area (Å²) >= 11 is 6.30. The summed E-state index contributed by atoms with van der Waals surface area (Å²) in [6, 6.07) is 15.4. The Kier molecular flexibility index (Phi) is 6.11. The Morgan fingerprint density at radius 2 is 2.00 bits per heavy atom. The molecule has 0 aliphatic carbocycles. The highest BCUT2D eigenvalue weighted by Crippen LogP contribution is 2.35. The van der Waals surface area contributed by atoms with Crippen LogP contribution in [0, 0.1) is 6.92 Å². The number of hydrogen-bond acceptors (Lipinski definition) is 6. The predicted octanol–water partition coefficient (Wildman–Crippen LogP) is 4.14. The van der Waals surface area contributed by atoms with E-state index in [1.54, 1.807) is 17.9 Å². The number of thiocarbonyl (C=S) groups is 1. The van der Waals surface area contributed by atoms with Crippen LogP contribution in [0.5, 0.6) is 5.75 Å². The van der Waals surface area contributed by atoms with Crippen LogP contribution in [0.1, 0.15) is 11.1 Å². The quantitative estimate of drug-likeness (QED) is 0.433. The van der Waals surface area contributed by atoms with E-state index in [2.05, 4.69) is 0 Å². The van der Waals surface area contributed by atoms with Crippen LogP contribution in [-0.2, 0) is 9.59 Å². The number of hydrogen-bond donors (Lipinski definition) is 1. The second-order valence-corrected chi connectivity index (χ2v) is 8.73. The molecule has 3 aromatic rings. The molecule has 32 heavy (non-hydrogen) atoms. The van der Waals surface area contributed by atoms with Gasteiger partial charge in [0.15, 0.2) is 0 Å². The van der Waals surface area contributed by atoms with Gasteiger partial charge in [0.25, 0.3) is 5.91 Å². The van der Waals surface area contributed by atoms with E-state index >= 15 is 0 Å². The van der Waals surface area contributed by atoms with E-state index in [0.29, 0.717) is 16.2 Å². The third-order valence-corrected chi connectivity index (χ3v) is 6.26. The molecule has 1 aromatic heterocycles. The minimum atomic E-state index is -1.12. The van der Waals surface area contributed by atoms with Gasteiger partial charge in [0.1, 0.15) is 22.3 Å². The Morgan fingerprint density at radius 1 is 1.25 bits per heavy atom. The number of carbonyl (C=O) groups is 2. The predicted molar refractivity (Wildman–Crippen MR) is 128 cm³/mol. The minimum Gasteiger partial charge on any atom is -0.496 e. The van der Waals surface area contributed by atoms with Crippen LogP contribution in [0.15, 0.2) is 59.6 Å². The molecule has 2 heterocycles. The SMILES string of the molecule is COc1ccc(-c2nn(-c3ccccc3)cc2/C=C2\SC(=S)N(CC(=O)O)C2=O)cc1C. The number of thioether (sulfide) groups is 1. The lowest BCUT2D eigenvalue weighted by Gasteiger charge is -2.10. The number of carbonyl (C=O) groups excluding carboxylic acids is 1. The van der Waals surface area contributed by atoms with E-state index in [0.717, 1.165) is 39.2 Å². The lowest BCUT2D eigenvalue weighted by Crippen LogP contribution is -2.33. The van der Waals surface area contributed by atoms with Crippen LogP contribution in [0.3, 0.4) is 0 Å². The van der Waals surface area contributed by atoms with Crippen LogP contribution < -0.4 is 4.74 Å². The number of amides is 1. The molecule has 0 bridgehead atoms. The first-order chi connectivity index (χ1) is 15.4. The van der Waals surface area contributed by atoms with Gasteiger partial charge >= 0.3 is 5.97 Å². The molecule has 1 fully saturated rings. The molecule has 9 heteroatoms. The number of methoxy groups -OCH3 is 1. The number of aromatic nitrogens is 2. The zero-order chi connectivity index (χ0) is 22.8. The highest BCUT2D eigenvalue weighted by atomic mass is 32.2. The summed E-state index contributed by atoms with van der Waals surface area (Å²) in [7, 11) is 1.62. The standard InChI is InChI=1S/C23H19N3O4S2/c1-14-10-15(8-9-18(14)30-2)21-16(12-26(24-21)17-6-4-3-5-7-17)11-19-22(29)25(13-20(27)28)23(31)32-19/h3-12H,13H2,1-2H3,(H,27,28)/b19-11-. The Bertz CT molecular complexity index is 1250. The number of carboxylic acids is 1. The van der Waals surface area contributed by atoms with Crippen LogP contribution in [0.4, 0.5) is 0 Å². The number of benzene rings is 2. The van der Waals surface area contributed by atoms with Gasteiger partial charge in [-0.3, -0.25) is 14.5 Å². The van der Waals surface area contributed by atoms with Gasteiger partial charge in [0.2, 0.25) is 0 Å². The molecule has 1 saturated heterocycles. The van der Waals surface area contributed by atoms with Crippen LogP contribution in [0.2, 0.25) is 0 Å². The van der Waals surface area contributed by atoms with Crippen molar-refractivity contribution in [1.29, 1.82) is 0 Å². The summed E-state index contributed by atoms with van der Waals surface area (Å²) < 4.78 is 7.34. The largest absolute Gasteiger partial charge is 0.496 e. The molecule has 4 rings (SSSR count). The molecular formula is C23H19N3O4S2. The molecule has 162 valence electrons. The van der Waals surface area contributed by atoms with Crippen molar-refractivity contribution in [2.24, 2.45) is 0 Å². The van der Waals surface area contributed by atoms with Crippen molar-refractivity contribution in [3.63, 3.8) is 0 Å². The van der Waals surface area contributed by atoms with Gasteiger partial charge in [-0.15, -0.1) is 0 Å². The molecule has 7 nitrogen and oxygen atoms in total. The second-order valence-electron chi connectivity index (χ2n) is 7.06. The van der Waals surface area contributed by atoms with Gasteiger partial charge in [-0.25, -0.2) is 4.68 Å². The smallest absolute Gasteiger partial charge is 0.323 e. The Hall–Kier alpha value is -3.43. The fourth-order valence-electron chi connectivity index (χ4n) is 3.37. The monoisotopic (exact) mass is 465 g/mol. The van der Waals surface area contributed by atoms with E-state index in [-0.39, 0.29) is 4.32 Å². The van der Waals surface area contributed by atoms with Crippen molar-refractivity contribution < 1.29 is 19.4 Å². The molecular weight excluding hydrogens is 446 g/mol. The minimum absolute atomic E-state index is 0.223. The molecule has 1 aliphatic heterocycles. The number of aryl methyl sites for hydroxylation is 1. The van der Waals surface area contributed by atoms with Crippen molar-refractivity contribution >= 4 is 46.3 Å². The van der Waals surface area contributed by atoms with Gasteiger partial charge < -0.3 is 9.84 Å². The number of para-hydroxylation sites is 1. The van der Waals surface area contributed by atoms with Gasteiger partial charge in [0, 0.05) is 17.3 Å². The first-order valence-corrected chi connectivity index (χ1v) is 10.9. The fraction of sp³-hybridized carbons (Fsp3) is 0.130. The summed E-state index contributed by atoms with van der Waals surface area (Å²) in [6.07, 6.45) is 3.55. The number of aliphatic carboxylic acids is 1. The zero-order valence-electron chi connectivity index (χ0n) is 17.3. The number of carboxylic acid groups (broad SMARTS) is 1. The number of ether oxygens (including phenoxy) is 1. The summed E-state index contributed by atoms with van der Waals surface area (Å²) in [5, 5.41) is 13.8. The second kappa shape index (κ2) is 8.97. The lowest BCUT2D eigenvalue weighted by molar-refractivity contribution is -0.140. The van der Waals surface area contributed by atoms with Crippen molar-refractivity contribution in [2.45, 2.75) is 6.92 Å². The normalized spacial score (nSPS) is 14.9. The number of rotatable bonds is 6. The van der Waals surface area contributed by atoms with E-state index in [1.165, 1.54) is 0 Å². The van der Waals surface area contributed by atoms with E-state index < -0.39 is 18.4 Å². The molecule has 1 N–H and O–H groups in total. The van der Waals surface area contributed by atoms with Gasteiger partial charge in [-0.1, -0.05) is 42.2 Å². The maximum absolute atomic E-state index is 12.8. The van der Waals surface area contributed by atoms with Crippen molar-refractivity contribution in [2.75, 3.05) is 13.7 Å². The van der Waals surface area contributed by atoms with Crippen LogP contribution in [-0.4, -0.2) is 49.6 Å². The number of nitrogens with zero attached hydrogens (tertiary/aromatic N) is 3. The van der Waals surface area contributed by atoms with E-state index in [4.69, 9.17) is 27.2 Å². The van der Waals surface area contributed by atoms with Crippen LogP contribution in [0.25, 0.3) is 23.0 Å². The third-order valence-electron chi connectivity index (χ3n) is 4.89. The highest BCUT2D eigenvalue weighted by molar-refractivity contribution is 8.26. The van der Waals surface area contributed by atoms with Gasteiger partial charge in [-0.2, -0.15) is 5.10 Å². The summed E-state index contributed by atoms with van der Waals surface area (Å²) in [5.74, 6) is -0.770.